The standard InChI is InChI=1S/C18H20O4/c1-4-22-17(19)15-9-5-13(6-10-15)14-7-11-16(12-8-14)18(20-2)21-3/h5-12,18H,4H2,1-3H3. The average molecular weight is 300 g/mol. The number of rotatable bonds is 6. The Bertz CT molecular complexity index is 598. The number of hydrogen-bond donors (Lipinski definition) is 0. The first-order valence-corrected chi connectivity index (χ1v) is 7.12. The van der Waals surface area contributed by atoms with E-state index in [0.29, 0.717) is 12.2 Å². The molecule has 0 unspecified atom stereocenters. The molecule has 22 heavy (non-hydrogen) atoms. The summed E-state index contributed by atoms with van der Waals surface area (Å²) in [5.74, 6) is -0.299. The van der Waals surface area contributed by atoms with Crippen LogP contribution in [0.25, 0.3) is 11.1 Å². The first-order valence-electron chi connectivity index (χ1n) is 7.12. The van der Waals surface area contributed by atoms with Crippen LogP contribution in [0.2, 0.25) is 0 Å². The zero-order valence-electron chi connectivity index (χ0n) is 13.0. The minimum Gasteiger partial charge on any atom is -0.462 e. The molecule has 2 aromatic rings. The molecule has 0 atom stereocenters. The molecule has 0 radical (unpaired) electrons. The van der Waals surface area contributed by atoms with Gasteiger partial charge in [-0.05, 0) is 30.2 Å². The second-order valence-corrected chi connectivity index (χ2v) is 4.72. The molecule has 0 spiro atoms. The zero-order chi connectivity index (χ0) is 15.9. The van der Waals surface area contributed by atoms with Crippen LogP contribution in [0.3, 0.4) is 0 Å². The van der Waals surface area contributed by atoms with E-state index in [1.807, 2.05) is 36.4 Å². The summed E-state index contributed by atoms with van der Waals surface area (Å²) in [6.45, 7) is 2.17. The number of benzene rings is 2. The van der Waals surface area contributed by atoms with Crippen LogP contribution >= 0.6 is 0 Å². The Morgan fingerprint density at radius 2 is 1.41 bits per heavy atom. The minimum absolute atomic E-state index is 0.299. The highest BCUT2D eigenvalue weighted by atomic mass is 16.7. The van der Waals surface area contributed by atoms with Gasteiger partial charge < -0.3 is 14.2 Å². The summed E-state index contributed by atoms with van der Waals surface area (Å²) >= 11 is 0. The molecule has 0 bridgehead atoms. The Kier molecular flexibility index (Phi) is 5.69. The fourth-order valence-electron chi connectivity index (χ4n) is 2.21. The molecule has 116 valence electrons. The number of carbonyl (C=O) groups is 1. The van der Waals surface area contributed by atoms with Gasteiger partial charge in [0.25, 0.3) is 0 Å². The monoisotopic (exact) mass is 300 g/mol. The summed E-state index contributed by atoms with van der Waals surface area (Å²) in [6.07, 6.45) is -0.361. The van der Waals surface area contributed by atoms with Gasteiger partial charge in [-0.25, -0.2) is 4.79 Å². The van der Waals surface area contributed by atoms with E-state index in [2.05, 4.69) is 0 Å². The highest BCUT2D eigenvalue weighted by Gasteiger charge is 2.09. The predicted octanol–water partition coefficient (Wildman–Crippen LogP) is 3.82. The van der Waals surface area contributed by atoms with Crippen LogP contribution in [-0.4, -0.2) is 26.8 Å². The molecular formula is C18H20O4. The van der Waals surface area contributed by atoms with Gasteiger partial charge in [-0.15, -0.1) is 0 Å². The molecule has 2 aromatic carbocycles. The molecule has 0 heterocycles. The van der Waals surface area contributed by atoms with Crippen LogP contribution in [0.15, 0.2) is 48.5 Å². The molecule has 0 N–H and O–H groups in total. The molecule has 4 nitrogen and oxygen atoms in total. The Labute approximate surface area is 130 Å². The van der Waals surface area contributed by atoms with Crippen molar-refractivity contribution < 1.29 is 19.0 Å². The molecular weight excluding hydrogens is 280 g/mol. The van der Waals surface area contributed by atoms with Crippen molar-refractivity contribution >= 4 is 5.97 Å². The highest BCUT2D eigenvalue weighted by molar-refractivity contribution is 5.90. The summed E-state index contributed by atoms with van der Waals surface area (Å²) in [4.78, 5) is 11.6. The maximum atomic E-state index is 11.6. The van der Waals surface area contributed by atoms with E-state index in [9.17, 15) is 4.79 Å². The Balaban J connectivity index is 2.16. The second kappa shape index (κ2) is 7.73. The Morgan fingerprint density at radius 3 is 1.86 bits per heavy atom. The summed E-state index contributed by atoms with van der Waals surface area (Å²) in [5, 5.41) is 0. The normalized spacial score (nSPS) is 10.7. The zero-order valence-corrected chi connectivity index (χ0v) is 13.0. The average Bonchev–Trinajstić information content (AvgIpc) is 2.57. The molecule has 0 saturated heterocycles. The number of ether oxygens (including phenoxy) is 3. The van der Waals surface area contributed by atoms with Crippen LogP contribution in [-0.2, 0) is 14.2 Å². The molecule has 0 aliphatic heterocycles. The van der Waals surface area contributed by atoms with Gasteiger partial charge in [0.15, 0.2) is 6.29 Å². The second-order valence-electron chi connectivity index (χ2n) is 4.72. The quantitative estimate of drug-likeness (QED) is 0.601. The lowest BCUT2D eigenvalue weighted by atomic mass is 10.0. The van der Waals surface area contributed by atoms with Crippen molar-refractivity contribution in [3.63, 3.8) is 0 Å². The molecule has 0 aliphatic rings. The predicted molar refractivity (Wildman–Crippen MR) is 84.6 cm³/mol. The van der Waals surface area contributed by atoms with Gasteiger partial charge in [0.05, 0.1) is 12.2 Å². The molecule has 0 aromatic heterocycles. The van der Waals surface area contributed by atoms with Crippen molar-refractivity contribution in [3.8, 4) is 11.1 Å². The smallest absolute Gasteiger partial charge is 0.338 e. The third kappa shape index (κ3) is 3.72. The molecule has 0 saturated carbocycles. The van der Waals surface area contributed by atoms with E-state index < -0.39 is 0 Å². The van der Waals surface area contributed by atoms with Gasteiger partial charge in [0.1, 0.15) is 0 Å². The SMILES string of the molecule is CCOC(=O)c1ccc(-c2ccc(C(OC)OC)cc2)cc1. The maximum absolute atomic E-state index is 11.6. The van der Waals surface area contributed by atoms with Crippen molar-refractivity contribution in [1.29, 1.82) is 0 Å². The number of carbonyl (C=O) groups excluding carboxylic acids is 1. The van der Waals surface area contributed by atoms with Gasteiger partial charge >= 0.3 is 5.97 Å². The third-order valence-electron chi connectivity index (χ3n) is 3.34. The largest absolute Gasteiger partial charge is 0.462 e. The molecule has 0 aliphatic carbocycles. The minimum atomic E-state index is -0.361. The molecule has 0 fully saturated rings. The van der Waals surface area contributed by atoms with Crippen molar-refractivity contribution in [1.82, 2.24) is 0 Å². The highest BCUT2D eigenvalue weighted by Crippen LogP contribution is 2.24. The van der Waals surface area contributed by atoms with E-state index >= 15 is 0 Å². The lowest BCUT2D eigenvalue weighted by Gasteiger charge is -2.14. The van der Waals surface area contributed by atoms with Crippen LogP contribution in [0.5, 0.6) is 0 Å². The summed E-state index contributed by atoms with van der Waals surface area (Å²) in [6, 6.07) is 15.3. The van der Waals surface area contributed by atoms with E-state index in [1.54, 1.807) is 33.3 Å². The number of methoxy groups -OCH3 is 2. The Hall–Kier alpha value is -2.17. The summed E-state index contributed by atoms with van der Waals surface area (Å²) in [7, 11) is 3.21. The Morgan fingerprint density at radius 1 is 0.909 bits per heavy atom. The third-order valence-corrected chi connectivity index (χ3v) is 3.34. The summed E-state index contributed by atoms with van der Waals surface area (Å²) < 4.78 is 15.4. The number of hydrogen-bond acceptors (Lipinski definition) is 4. The van der Waals surface area contributed by atoms with E-state index in [-0.39, 0.29) is 12.3 Å². The van der Waals surface area contributed by atoms with Crippen LogP contribution < -0.4 is 0 Å². The van der Waals surface area contributed by atoms with Crippen LogP contribution in [0, 0.1) is 0 Å². The van der Waals surface area contributed by atoms with Crippen LogP contribution in [0.1, 0.15) is 29.1 Å². The molecule has 4 heteroatoms. The molecule has 2 rings (SSSR count). The van der Waals surface area contributed by atoms with Crippen molar-refractivity contribution in [3.05, 3.63) is 59.7 Å². The van der Waals surface area contributed by atoms with Crippen LogP contribution in [0.4, 0.5) is 0 Å². The van der Waals surface area contributed by atoms with Gasteiger partial charge in [0.2, 0.25) is 0 Å². The van der Waals surface area contributed by atoms with Gasteiger partial charge in [-0.1, -0.05) is 36.4 Å². The summed E-state index contributed by atoms with van der Waals surface area (Å²) in [5.41, 5.74) is 3.61. The first kappa shape index (κ1) is 16.2. The maximum Gasteiger partial charge on any atom is 0.338 e. The number of esters is 1. The van der Waals surface area contributed by atoms with E-state index in [0.717, 1.165) is 16.7 Å². The molecule has 0 amide bonds. The first-order chi connectivity index (χ1) is 10.7. The fraction of sp³-hybridized carbons (Fsp3) is 0.278. The topological polar surface area (TPSA) is 44.8 Å². The van der Waals surface area contributed by atoms with Crippen molar-refractivity contribution in [2.24, 2.45) is 0 Å². The van der Waals surface area contributed by atoms with E-state index in [4.69, 9.17) is 14.2 Å². The fourth-order valence-corrected chi connectivity index (χ4v) is 2.21. The van der Waals surface area contributed by atoms with Crippen molar-refractivity contribution in [2.75, 3.05) is 20.8 Å². The van der Waals surface area contributed by atoms with Gasteiger partial charge in [-0.2, -0.15) is 0 Å². The van der Waals surface area contributed by atoms with Crippen molar-refractivity contribution in [2.45, 2.75) is 13.2 Å². The van der Waals surface area contributed by atoms with Gasteiger partial charge in [0, 0.05) is 19.8 Å². The van der Waals surface area contributed by atoms with E-state index in [1.165, 1.54) is 0 Å². The lowest BCUT2D eigenvalue weighted by Crippen LogP contribution is -2.04. The lowest BCUT2D eigenvalue weighted by molar-refractivity contribution is -0.106. The van der Waals surface area contributed by atoms with Gasteiger partial charge in [-0.3, -0.25) is 0 Å².